The van der Waals surface area contributed by atoms with Crippen LogP contribution in [0.15, 0.2) is 34.7 Å². The number of hydrogen-bond donors (Lipinski definition) is 1. The third-order valence-corrected chi connectivity index (χ3v) is 3.18. The van der Waals surface area contributed by atoms with Crippen LogP contribution in [0.1, 0.15) is 24.7 Å². The lowest BCUT2D eigenvalue weighted by molar-refractivity contribution is -0.137. The Morgan fingerprint density at radius 1 is 1.19 bits per heavy atom. The summed E-state index contributed by atoms with van der Waals surface area (Å²) in [4.78, 5) is 0. The first-order valence-corrected chi connectivity index (χ1v) is 6.96. The molecule has 0 spiro atoms. The Hall–Kier alpha value is -1.46. The Labute approximate surface area is 125 Å². The van der Waals surface area contributed by atoms with Crippen molar-refractivity contribution in [3.63, 3.8) is 0 Å². The van der Waals surface area contributed by atoms with Crippen molar-refractivity contribution in [1.82, 2.24) is 5.32 Å². The maximum Gasteiger partial charge on any atom is 0.417 e. The van der Waals surface area contributed by atoms with Crippen molar-refractivity contribution in [2.24, 2.45) is 0 Å². The average molecular weight is 318 g/mol. The van der Waals surface area contributed by atoms with Crippen molar-refractivity contribution in [3.05, 3.63) is 46.7 Å². The number of alkyl halides is 3. The van der Waals surface area contributed by atoms with Crippen molar-refractivity contribution in [1.29, 1.82) is 0 Å². The lowest BCUT2D eigenvalue weighted by Gasteiger charge is -2.11. The van der Waals surface area contributed by atoms with Crippen LogP contribution in [0.3, 0.4) is 0 Å². The SMILES string of the molecule is CCCNCc1ccc(-c2ccc(Cl)cc2C(F)(F)F)o1. The summed E-state index contributed by atoms with van der Waals surface area (Å²) < 4.78 is 44.7. The summed E-state index contributed by atoms with van der Waals surface area (Å²) in [5.74, 6) is 0.786. The van der Waals surface area contributed by atoms with Gasteiger partial charge in [0.25, 0.3) is 0 Å². The summed E-state index contributed by atoms with van der Waals surface area (Å²) in [5.41, 5.74) is -0.800. The summed E-state index contributed by atoms with van der Waals surface area (Å²) in [6.45, 7) is 3.34. The number of nitrogens with one attached hydrogen (secondary N) is 1. The maximum atomic E-state index is 13.1. The molecule has 1 N–H and O–H groups in total. The third-order valence-electron chi connectivity index (χ3n) is 2.94. The fourth-order valence-electron chi connectivity index (χ4n) is 1.97. The number of halogens is 4. The molecular formula is C15H15ClF3NO. The van der Waals surface area contributed by atoms with Crippen LogP contribution in [-0.2, 0) is 12.7 Å². The van der Waals surface area contributed by atoms with Crippen molar-refractivity contribution in [2.45, 2.75) is 26.1 Å². The van der Waals surface area contributed by atoms with Crippen LogP contribution in [-0.4, -0.2) is 6.54 Å². The molecule has 0 saturated carbocycles. The van der Waals surface area contributed by atoms with Gasteiger partial charge in [0.1, 0.15) is 11.5 Å². The van der Waals surface area contributed by atoms with Crippen LogP contribution in [0.2, 0.25) is 5.02 Å². The van der Waals surface area contributed by atoms with Crippen LogP contribution in [0.5, 0.6) is 0 Å². The smallest absolute Gasteiger partial charge is 0.417 e. The predicted octanol–water partition coefficient (Wildman–Crippen LogP) is 5.12. The van der Waals surface area contributed by atoms with E-state index in [4.69, 9.17) is 16.0 Å². The zero-order valence-corrected chi connectivity index (χ0v) is 12.2. The molecule has 21 heavy (non-hydrogen) atoms. The quantitative estimate of drug-likeness (QED) is 0.774. The van der Waals surface area contributed by atoms with Gasteiger partial charge in [-0.2, -0.15) is 13.2 Å². The van der Waals surface area contributed by atoms with E-state index in [2.05, 4.69) is 5.32 Å². The second-order valence-electron chi connectivity index (χ2n) is 4.63. The van der Waals surface area contributed by atoms with Gasteiger partial charge in [0.2, 0.25) is 0 Å². The second-order valence-corrected chi connectivity index (χ2v) is 5.07. The molecule has 0 unspecified atom stereocenters. The minimum absolute atomic E-state index is 0.00589. The van der Waals surface area contributed by atoms with Crippen LogP contribution in [0, 0.1) is 0 Å². The van der Waals surface area contributed by atoms with Crippen molar-refractivity contribution in [2.75, 3.05) is 6.54 Å². The molecule has 0 atom stereocenters. The van der Waals surface area contributed by atoms with Gasteiger partial charge in [-0.15, -0.1) is 0 Å². The van der Waals surface area contributed by atoms with Crippen molar-refractivity contribution >= 4 is 11.6 Å². The molecule has 0 saturated heterocycles. The van der Waals surface area contributed by atoms with Gasteiger partial charge in [-0.05, 0) is 43.3 Å². The topological polar surface area (TPSA) is 25.2 Å². The Kier molecular flexibility index (Phi) is 4.96. The minimum atomic E-state index is -4.48. The lowest BCUT2D eigenvalue weighted by Crippen LogP contribution is -2.13. The van der Waals surface area contributed by atoms with E-state index >= 15 is 0 Å². The van der Waals surface area contributed by atoms with Gasteiger partial charge in [-0.25, -0.2) is 0 Å². The van der Waals surface area contributed by atoms with Crippen LogP contribution >= 0.6 is 11.6 Å². The Morgan fingerprint density at radius 3 is 2.62 bits per heavy atom. The molecule has 0 radical (unpaired) electrons. The normalized spacial score (nSPS) is 11.9. The zero-order valence-electron chi connectivity index (χ0n) is 11.4. The summed E-state index contributed by atoms with van der Waals surface area (Å²) in [7, 11) is 0. The minimum Gasteiger partial charge on any atom is -0.460 e. The van der Waals surface area contributed by atoms with Gasteiger partial charge in [-0.1, -0.05) is 18.5 Å². The molecule has 0 amide bonds. The summed E-state index contributed by atoms with van der Waals surface area (Å²) in [6, 6.07) is 6.87. The van der Waals surface area contributed by atoms with Gasteiger partial charge < -0.3 is 9.73 Å². The first kappa shape index (κ1) is 15.9. The van der Waals surface area contributed by atoms with E-state index in [0.717, 1.165) is 19.0 Å². The summed E-state index contributed by atoms with van der Waals surface area (Å²) in [5, 5.41) is 3.18. The van der Waals surface area contributed by atoms with Crippen LogP contribution in [0.25, 0.3) is 11.3 Å². The summed E-state index contributed by atoms with van der Waals surface area (Å²) >= 11 is 5.66. The largest absolute Gasteiger partial charge is 0.460 e. The molecule has 0 aliphatic carbocycles. The zero-order chi connectivity index (χ0) is 15.5. The van der Waals surface area contributed by atoms with Crippen LogP contribution < -0.4 is 5.32 Å². The van der Waals surface area contributed by atoms with E-state index < -0.39 is 11.7 Å². The van der Waals surface area contributed by atoms with E-state index in [-0.39, 0.29) is 16.3 Å². The van der Waals surface area contributed by atoms with E-state index in [9.17, 15) is 13.2 Å². The van der Waals surface area contributed by atoms with Gasteiger partial charge in [0.15, 0.2) is 0 Å². The molecule has 1 aromatic carbocycles. The van der Waals surface area contributed by atoms with E-state index in [0.29, 0.717) is 12.3 Å². The highest BCUT2D eigenvalue weighted by Crippen LogP contribution is 2.39. The third kappa shape index (κ3) is 4.02. The Balaban J connectivity index is 2.30. The number of benzene rings is 1. The first-order valence-electron chi connectivity index (χ1n) is 6.58. The molecule has 6 heteroatoms. The van der Waals surface area contributed by atoms with Gasteiger partial charge in [0.05, 0.1) is 12.1 Å². The number of rotatable bonds is 5. The van der Waals surface area contributed by atoms with Gasteiger partial charge >= 0.3 is 6.18 Å². The van der Waals surface area contributed by atoms with E-state index in [1.165, 1.54) is 12.1 Å². The highest BCUT2D eigenvalue weighted by atomic mass is 35.5. The molecular weight excluding hydrogens is 303 g/mol. The predicted molar refractivity (Wildman–Crippen MR) is 76.2 cm³/mol. The lowest BCUT2D eigenvalue weighted by atomic mass is 10.1. The standard InChI is InChI=1S/C15H15ClF3NO/c1-2-7-20-9-11-4-6-14(21-11)12-5-3-10(16)8-13(12)15(17,18)19/h3-6,8,20H,2,7,9H2,1H3. The molecule has 0 aliphatic rings. The second kappa shape index (κ2) is 6.54. The maximum absolute atomic E-state index is 13.1. The Morgan fingerprint density at radius 2 is 1.95 bits per heavy atom. The van der Waals surface area contributed by atoms with Gasteiger partial charge in [-0.3, -0.25) is 0 Å². The molecule has 2 aromatic rings. The Bertz CT molecular complexity index is 607. The first-order chi connectivity index (χ1) is 9.91. The molecule has 114 valence electrons. The van der Waals surface area contributed by atoms with Crippen molar-refractivity contribution in [3.8, 4) is 11.3 Å². The van der Waals surface area contributed by atoms with Crippen molar-refractivity contribution < 1.29 is 17.6 Å². The molecule has 1 heterocycles. The number of hydrogen-bond acceptors (Lipinski definition) is 2. The summed E-state index contributed by atoms with van der Waals surface area (Å²) in [6.07, 6.45) is -3.50. The molecule has 0 bridgehead atoms. The highest BCUT2D eigenvalue weighted by Gasteiger charge is 2.34. The molecule has 1 aromatic heterocycles. The highest BCUT2D eigenvalue weighted by molar-refractivity contribution is 6.30. The molecule has 0 fully saturated rings. The fraction of sp³-hybridized carbons (Fsp3) is 0.333. The monoisotopic (exact) mass is 317 g/mol. The fourth-order valence-corrected chi connectivity index (χ4v) is 2.14. The van der Waals surface area contributed by atoms with E-state index in [1.54, 1.807) is 12.1 Å². The van der Waals surface area contributed by atoms with Crippen LogP contribution in [0.4, 0.5) is 13.2 Å². The molecule has 2 rings (SSSR count). The molecule has 0 aliphatic heterocycles. The average Bonchev–Trinajstić information content (AvgIpc) is 2.87. The van der Waals surface area contributed by atoms with E-state index in [1.807, 2.05) is 6.92 Å². The number of furan rings is 1. The van der Waals surface area contributed by atoms with Gasteiger partial charge in [0, 0.05) is 10.6 Å². The molecule has 2 nitrogen and oxygen atoms in total.